The zero-order chi connectivity index (χ0) is 23.2. The van der Waals surface area contributed by atoms with Crippen molar-refractivity contribution in [3.05, 3.63) is 71.4 Å². The van der Waals surface area contributed by atoms with Crippen LogP contribution in [0, 0.1) is 12.8 Å². The van der Waals surface area contributed by atoms with Gasteiger partial charge in [0.1, 0.15) is 12.4 Å². The van der Waals surface area contributed by atoms with Crippen molar-refractivity contribution in [3.8, 4) is 5.75 Å². The number of hydrogen-bond donors (Lipinski definition) is 3. The molecule has 2 aromatic carbocycles. The summed E-state index contributed by atoms with van der Waals surface area (Å²) in [6.07, 6.45) is -1.07. The highest BCUT2D eigenvalue weighted by Gasteiger charge is 2.30. The van der Waals surface area contributed by atoms with Crippen LogP contribution in [0.3, 0.4) is 0 Å². The summed E-state index contributed by atoms with van der Waals surface area (Å²) in [6, 6.07) is 17.0. The van der Waals surface area contributed by atoms with Gasteiger partial charge in [0.15, 0.2) is 0 Å². The Kier molecular flexibility index (Phi) is 7.51. The summed E-state index contributed by atoms with van der Waals surface area (Å²) in [7, 11) is 0. The lowest BCUT2D eigenvalue weighted by atomic mass is 9.94. The largest absolute Gasteiger partial charge is 0.489 e. The van der Waals surface area contributed by atoms with Gasteiger partial charge < -0.3 is 14.6 Å². The fourth-order valence-corrected chi connectivity index (χ4v) is 4.14. The van der Waals surface area contributed by atoms with Gasteiger partial charge in [-0.05, 0) is 36.8 Å². The number of aryl methyl sites for hydroxylation is 1. The van der Waals surface area contributed by atoms with Crippen molar-refractivity contribution in [1.29, 1.82) is 0 Å². The predicted molar refractivity (Wildman–Crippen MR) is 123 cm³/mol. The third kappa shape index (κ3) is 5.66. The number of benzene rings is 2. The highest BCUT2D eigenvalue weighted by molar-refractivity contribution is 5.82. The second-order valence-electron chi connectivity index (χ2n) is 8.24. The number of morpholine rings is 1. The van der Waals surface area contributed by atoms with Gasteiger partial charge in [0.2, 0.25) is 0 Å². The molecule has 0 radical (unpaired) electrons. The third-order valence-electron chi connectivity index (χ3n) is 5.93. The number of nitrogens with zero attached hydrogens (tertiary/aromatic N) is 2. The van der Waals surface area contributed by atoms with Crippen LogP contribution in [0.1, 0.15) is 22.9 Å². The van der Waals surface area contributed by atoms with Crippen molar-refractivity contribution < 1.29 is 24.6 Å². The molecule has 8 nitrogen and oxygen atoms in total. The molecule has 0 bridgehead atoms. The minimum absolute atomic E-state index is 0.323. The van der Waals surface area contributed by atoms with Gasteiger partial charge in [-0.3, -0.25) is 19.9 Å². The van der Waals surface area contributed by atoms with Crippen LogP contribution in [0.5, 0.6) is 5.75 Å². The average molecular weight is 452 g/mol. The Bertz CT molecular complexity index is 1080. The maximum Gasteiger partial charge on any atom is 0.250 e. The van der Waals surface area contributed by atoms with Crippen LogP contribution in [0.2, 0.25) is 0 Å². The lowest BCUT2D eigenvalue weighted by molar-refractivity contribution is -0.138. The molecule has 1 aliphatic rings. The summed E-state index contributed by atoms with van der Waals surface area (Å²) in [4.78, 5) is 18.9. The third-order valence-corrected chi connectivity index (χ3v) is 5.93. The molecule has 1 saturated heterocycles. The molecule has 3 N–H and O–H groups in total. The van der Waals surface area contributed by atoms with Gasteiger partial charge in [-0.15, -0.1) is 0 Å². The number of aliphatic hydroxyl groups is 1. The number of para-hydroxylation sites is 1. The molecule has 1 aromatic heterocycles. The molecule has 1 fully saturated rings. The van der Waals surface area contributed by atoms with Crippen LogP contribution >= 0.6 is 0 Å². The number of hydroxylamine groups is 1. The Morgan fingerprint density at radius 3 is 2.64 bits per heavy atom. The number of carbonyl (C=O) groups is 1. The maximum absolute atomic E-state index is 12.3. The molecule has 8 heteroatoms. The predicted octanol–water partition coefficient (Wildman–Crippen LogP) is 2.61. The van der Waals surface area contributed by atoms with Crippen molar-refractivity contribution in [2.24, 2.45) is 5.92 Å². The van der Waals surface area contributed by atoms with E-state index in [-0.39, 0.29) is 0 Å². The quantitative estimate of drug-likeness (QED) is 0.357. The summed E-state index contributed by atoms with van der Waals surface area (Å²) in [6.45, 7) is 5.20. The van der Waals surface area contributed by atoms with Gasteiger partial charge in [-0.25, -0.2) is 5.48 Å². The number of aliphatic hydroxyl groups excluding tert-OH is 1. The Morgan fingerprint density at radius 2 is 1.91 bits per heavy atom. The van der Waals surface area contributed by atoms with Crippen LogP contribution in [0.4, 0.5) is 0 Å². The van der Waals surface area contributed by atoms with Gasteiger partial charge in [-0.1, -0.05) is 30.3 Å². The summed E-state index contributed by atoms with van der Waals surface area (Å²) in [5.74, 6) is -0.777. The van der Waals surface area contributed by atoms with Crippen LogP contribution in [0.15, 0.2) is 54.6 Å². The van der Waals surface area contributed by atoms with Crippen LogP contribution < -0.4 is 10.2 Å². The molecule has 1 amide bonds. The highest BCUT2D eigenvalue weighted by Crippen LogP contribution is 2.27. The number of carbonyl (C=O) groups excluding carboxylic acids is 1. The van der Waals surface area contributed by atoms with Gasteiger partial charge in [0.05, 0.1) is 30.8 Å². The van der Waals surface area contributed by atoms with E-state index >= 15 is 0 Å². The fourth-order valence-electron chi connectivity index (χ4n) is 4.14. The van der Waals surface area contributed by atoms with Crippen LogP contribution in [0.25, 0.3) is 10.9 Å². The molecular formula is C25H29N3O5. The molecule has 0 spiro atoms. The standard InChI is InChI=1S/C25H29N3O5/c1-17-14-19(21-4-2-3-5-23(21)26-17)16-33-20-8-6-18(7-9-20)24(29)22(25(30)27-31)15-28-10-12-32-13-11-28/h2-9,14,22,24,29,31H,10-13,15-16H2,1H3,(H,27,30). The van der Waals surface area contributed by atoms with E-state index in [2.05, 4.69) is 4.98 Å². The highest BCUT2D eigenvalue weighted by atomic mass is 16.5. The molecule has 2 unspecified atom stereocenters. The normalized spacial score (nSPS) is 16.3. The second kappa shape index (κ2) is 10.7. The number of amides is 1. The maximum atomic E-state index is 12.3. The molecule has 174 valence electrons. The van der Waals surface area contributed by atoms with E-state index in [0.29, 0.717) is 50.8 Å². The van der Waals surface area contributed by atoms with Crippen molar-refractivity contribution in [2.75, 3.05) is 32.8 Å². The summed E-state index contributed by atoms with van der Waals surface area (Å²) in [5, 5.41) is 21.1. The van der Waals surface area contributed by atoms with Crippen LogP contribution in [-0.4, -0.2) is 59.0 Å². The summed E-state index contributed by atoms with van der Waals surface area (Å²) in [5.41, 5.74) is 5.18. The van der Waals surface area contributed by atoms with E-state index < -0.39 is 17.9 Å². The molecule has 3 aromatic rings. The van der Waals surface area contributed by atoms with Crippen molar-refractivity contribution in [3.63, 3.8) is 0 Å². The average Bonchev–Trinajstić information content (AvgIpc) is 2.86. The first kappa shape index (κ1) is 23.1. The Balaban J connectivity index is 1.44. The Morgan fingerprint density at radius 1 is 1.18 bits per heavy atom. The number of fused-ring (bicyclic) bond motifs is 1. The molecule has 0 aliphatic carbocycles. The van der Waals surface area contributed by atoms with Crippen molar-refractivity contribution in [2.45, 2.75) is 19.6 Å². The summed E-state index contributed by atoms with van der Waals surface area (Å²) >= 11 is 0. The van der Waals surface area contributed by atoms with E-state index in [0.717, 1.165) is 22.2 Å². The van der Waals surface area contributed by atoms with Crippen LogP contribution in [-0.2, 0) is 16.1 Å². The molecule has 2 heterocycles. The number of pyridine rings is 1. The molecule has 1 aliphatic heterocycles. The molecule has 2 atom stereocenters. The SMILES string of the molecule is Cc1cc(COc2ccc(C(O)C(CN3CCOCC3)C(=O)NO)cc2)c2ccccc2n1. The zero-order valence-electron chi connectivity index (χ0n) is 18.6. The number of rotatable bonds is 8. The lowest BCUT2D eigenvalue weighted by Crippen LogP contribution is -2.45. The number of aromatic nitrogens is 1. The monoisotopic (exact) mass is 451 g/mol. The number of hydrogen-bond acceptors (Lipinski definition) is 7. The molecular weight excluding hydrogens is 422 g/mol. The minimum atomic E-state index is -1.07. The first-order chi connectivity index (χ1) is 16.0. The molecule has 33 heavy (non-hydrogen) atoms. The first-order valence-electron chi connectivity index (χ1n) is 11.1. The van der Waals surface area contributed by atoms with E-state index in [1.165, 1.54) is 0 Å². The topological polar surface area (TPSA) is 104 Å². The number of nitrogens with one attached hydrogen (secondary N) is 1. The lowest BCUT2D eigenvalue weighted by Gasteiger charge is -2.31. The molecule has 4 rings (SSSR count). The van der Waals surface area contributed by atoms with Crippen molar-refractivity contribution in [1.82, 2.24) is 15.4 Å². The fraction of sp³-hybridized carbons (Fsp3) is 0.360. The van der Waals surface area contributed by atoms with Crippen molar-refractivity contribution >= 4 is 16.8 Å². The van der Waals surface area contributed by atoms with Gasteiger partial charge in [0.25, 0.3) is 5.91 Å². The summed E-state index contributed by atoms with van der Waals surface area (Å²) < 4.78 is 11.3. The van der Waals surface area contributed by atoms with E-state index in [9.17, 15) is 9.90 Å². The number of ether oxygens (including phenoxy) is 2. The van der Waals surface area contributed by atoms with E-state index in [1.54, 1.807) is 29.7 Å². The van der Waals surface area contributed by atoms with Gasteiger partial charge >= 0.3 is 0 Å². The van der Waals surface area contributed by atoms with E-state index in [4.69, 9.17) is 14.7 Å². The van der Waals surface area contributed by atoms with Gasteiger partial charge in [-0.2, -0.15) is 0 Å². The van der Waals surface area contributed by atoms with Gasteiger partial charge in [0, 0.05) is 36.3 Å². The second-order valence-corrected chi connectivity index (χ2v) is 8.24. The Hall–Kier alpha value is -3.04. The molecule has 0 saturated carbocycles. The zero-order valence-corrected chi connectivity index (χ0v) is 18.6. The first-order valence-corrected chi connectivity index (χ1v) is 11.1. The van der Waals surface area contributed by atoms with E-state index in [1.807, 2.05) is 42.2 Å². The smallest absolute Gasteiger partial charge is 0.250 e. The minimum Gasteiger partial charge on any atom is -0.489 e. The Labute approximate surface area is 192 Å².